The van der Waals surface area contributed by atoms with E-state index in [-0.39, 0.29) is 18.3 Å². The zero-order valence-corrected chi connectivity index (χ0v) is 24.5. The van der Waals surface area contributed by atoms with Crippen molar-refractivity contribution in [1.82, 2.24) is 10.2 Å². The third-order valence-electron chi connectivity index (χ3n) is 7.31. The summed E-state index contributed by atoms with van der Waals surface area (Å²) in [6.45, 7) is 4.20. The highest BCUT2D eigenvalue weighted by Gasteiger charge is 2.36. The predicted octanol–water partition coefficient (Wildman–Crippen LogP) is 4.47. The van der Waals surface area contributed by atoms with E-state index in [4.69, 9.17) is 15.2 Å². The fraction of sp³-hybridized carbons (Fsp3) is 0.424. The molecule has 42 heavy (non-hydrogen) atoms. The number of nitrogens with two attached hydrogens (primary N) is 1. The molecule has 1 aliphatic carbocycles. The lowest BCUT2D eigenvalue weighted by Gasteiger charge is -2.30. The van der Waals surface area contributed by atoms with Crippen molar-refractivity contribution < 1.29 is 24.2 Å². The molecule has 0 spiro atoms. The molecule has 1 heterocycles. The maximum atomic E-state index is 13.5. The van der Waals surface area contributed by atoms with Crippen LogP contribution in [0.1, 0.15) is 57.9 Å². The number of amidine groups is 1. The second kappa shape index (κ2) is 14.7. The smallest absolute Gasteiger partial charge is 0.270 e. The molecule has 2 aromatic carbocycles. The van der Waals surface area contributed by atoms with Gasteiger partial charge in [-0.05, 0) is 50.0 Å². The highest BCUT2D eigenvalue weighted by Crippen LogP contribution is 2.33. The van der Waals surface area contributed by atoms with Gasteiger partial charge in [-0.1, -0.05) is 74.6 Å². The van der Waals surface area contributed by atoms with Gasteiger partial charge in [-0.25, -0.2) is 0 Å². The molecule has 0 bridgehead atoms. The van der Waals surface area contributed by atoms with Crippen LogP contribution in [0.2, 0.25) is 0 Å². The lowest BCUT2D eigenvalue weighted by molar-refractivity contribution is -0.134. The summed E-state index contributed by atoms with van der Waals surface area (Å²) < 4.78 is 12.2. The number of aliphatic hydroxyl groups is 1. The van der Waals surface area contributed by atoms with Crippen LogP contribution in [-0.4, -0.2) is 52.4 Å². The van der Waals surface area contributed by atoms with Crippen LogP contribution < -0.4 is 20.5 Å². The Morgan fingerprint density at radius 3 is 2.52 bits per heavy atom. The Bertz CT molecular complexity index is 1290. The van der Waals surface area contributed by atoms with Crippen LogP contribution >= 0.6 is 0 Å². The van der Waals surface area contributed by atoms with Gasteiger partial charge < -0.3 is 30.5 Å². The number of nitrogens with one attached hydrogen (secondary N) is 1. The summed E-state index contributed by atoms with van der Waals surface area (Å²) in [6.07, 6.45) is 10.5. The largest absolute Gasteiger partial charge is 0.485 e. The number of aliphatic imine (C=N–C) groups is 1. The summed E-state index contributed by atoms with van der Waals surface area (Å²) in [5.74, 6) is 1.10. The van der Waals surface area contributed by atoms with E-state index in [1.165, 1.54) is 23.5 Å². The van der Waals surface area contributed by atoms with Gasteiger partial charge in [0.05, 0.1) is 12.1 Å². The minimum atomic E-state index is -0.894. The molecule has 1 fully saturated rings. The lowest BCUT2D eigenvalue weighted by atomic mass is 9.84. The summed E-state index contributed by atoms with van der Waals surface area (Å²) >= 11 is 0. The topological polar surface area (TPSA) is 126 Å². The van der Waals surface area contributed by atoms with E-state index in [2.05, 4.69) is 10.3 Å². The second-order valence-electron chi connectivity index (χ2n) is 11.6. The van der Waals surface area contributed by atoms with Gasteiger partial charge in [0.2, 0.25) is 0 Å². The van der Waals surface area contributed by atoms with Gasteiger partial charge in [0.1, 0.15) is 24.2 Å². The van der Waals surface area contributed by atoms with Crippen LogP contribution in [0.5, 0.6) is 11.5 Å². The molecule has 4 rings (SSSR count). The fourth-order valence-electron chi connectivity index (χ4n) is 5.16. The van der Waals surface area contributed by atoms with Crippen molar-refractivity contribution in [2.24, 2.45) is 16.6 Å². The first-order valence-electron chi connectivity index (χ1n) is 14.6. The minimum Gasteiger partial charge on any atom is -0.485 e. The molecular formula is C33H42N4O5. The van der Waals surface area contributed by atoms with Gasteiger partial charge >= 0.3 is 0 Å². The van der Waals surface area contributed by atoms with Crippen molar-refractivity contribution in [2.45, 2.75) is 70.6 Å². The Kier molecular flexibility index (Phi) is 10.8. The van der Waals surface area contributed by atoms with E-state index < -0.39 is 17.6 Å². The van der Waals surface area contributed by atoms with E-state index in [1.807, 2.05) is 48.5 Å². The van der Waals surface area contributed by atoms with Gasteiger partial charge in [-0.15, -0.1) is 0 Å². The molecule has 2 aliphatic rings. The van der Waals surface area contributed by atoms with Crippen LogP contribution in [0.15, 0.2) is 83.7 Å². The second-order valence-corrected chi connectivity index (χ2v) is 11.6. The average Bonchev–Trinajstić information content (AvgIpc) is 3.33. The normalized spacial score (nSPS) is 17.3. The molecular weight excluding hydrogens is 532 g/mol. The summed E-state index contributed by atoms with van der Waals surface area (Å²) in [7, 11) is 0. The number of amides is 2. The number of benzene rings is 2. The molecule has 1 aliphatic heterocycles. The molecule has 0 saturated heterocycles. The summed E-state index contributed by atoms with van der Waals surface area (Å²) in [5, 5.41) is 12.8. The van der Waals surface area contributed by atoms with Crippen molar-refractivity contribution in [3.63, 3.8) is 0 Å². The van der Waals surface area contributed by atoms with Gasteiger partial charge in [0.15, 0.2) is 11.5 Å². The maximum absolute atomic E-state index is 13.5. The molecule has 0 unspecified atom stereocenters. The minimum absolute atomic E-state index is 0.0254. The number of ether oxygens (including phenoxy) is 2. The Morgan fingerprint density at radius 1 is 1.12 bits per heavy atom. The first-order valence-corrected chi connectivity index (χ1v) is 14.6. The van der Waals surface area contributed by atoms with Crippen LogP contribution in [-0.2, 0) is 16.2 Å². The molecule has 0 radical (unpaired) electrons. The average molecular weight is 575 g/mol. The van der Waals surface area contributed by atoms with E-state index >= 15 is 0 Å². The predicted molar refractivity (Wildman–Crippen MR) is 163 cm³/mol. The Balaban J connectivity index is 1.44. The number of hydrogen-bond acceptors (Lipinski definition) is 6. The first kappa shape index (κ1) is 30.8. The van der Waals surface area contributed by atoms with Gasteiger partial charge in [0, 0.05) is 18.8 Å². The molecule has 1 saturated carbocycles. The van der Waals surface area contributed by atoms with Crippen molar-refractivity contribution in [2.75, 3.05) is 13.1 Å². The third kappa shape index (κ3) is 9.48. The Labute approximate surface area is 248 Å². The number of para-hydroxylation sites is 2. The lowest BCUT2D eigenvalue weighted by Crippen LogP contribution is -2.44. The molecule has 1 atom stereocenters. The Hall–Kier alpha value is -4.11. The maximum Gasteiger partial charge on any atom is 0.270 e. The molecule has 224 valence electrons. The van der Waals surface area contributed by atoms with Crippen molar-refractivity contribution in [3.05, 3.63) is 84.3 Å². The van der Waals surface area contributed by atoms with Gasteiger partial charge in [-0.3, -0.25) is 9.59 Å². The molecule has 2 amide bonds. The molecule has 4 N–H and O–H groups in total. The zero-order valence-electron chi connectivity index (χ0n) is 24.5. The quantitative estimate of drug-likeness (QED) is 0.238. The molecule has 9 heteroatoms. The first-order chi connectivity index (χ1) is 20.2. The van der Waals surface area contributed by atoms with Gasteiger partial charge in [0.25, 0.3) is 11.8 Å². The highest BCUT2D eigenvalue weighted by molar-refractivity contribution is 6.03. The fourth-order valence-corrected chi connectivity index (χ4v) is 5.16. The zero-order chi connectivity index (χ0) is 30.0. The van der Waals surface area contributed by atoms with Crippen molar-refractivity contribution in [1.29, 1.82) is 0 Å². The monoisotopic (exact) mass is 574 g/mol. The van der Waals surface area contributed by atoms with E-state index in [0.29, 0.717) is 42.7 Å². The number of nitrogens with zero attached hydrogens (tertiary/aromatic N) is 2. The van der Waals surface area contributed by atoms with Gasteiger partial charge in [-0.2, -0.15) is 4.99 Å². The molecule has 9 nitrogen and oxygen atoms in total. The summed E-state index contributed by atoms with van der Waals surface area (Å²) in [5.41, 5.74) is 6.16. The van der Waals surface area contributed by atoms with E-state index in [1.54, 1.807) is 26.1 Å². The van der Waals surface area contributed by atoms with Crippen LogP contribution in [0.25, 0.3) is 0 Å². The van der Waals surface area contributed by atoms with Crippen molar-refractivity contribution >= 4 is 17.6 Å². The van der Waals surface area contributed by atoms with E-state index in [0.717, 1.165) is 31.2 Å². The van der Waals surface area contributed by atoms with Crippen LogP contribution in [0.4, 0.5) is 0 Å². The molecule has 0 aromatic heterocycles. The standard InChI is InChI=1S/C33H42N4O5/c1-33(2,40)23-35-18-17-30(34)36-32(39)27(19-24-11-5-3-6-12-24)37-21-26(20-31(37)38)42-29-16-10-9-15-28(29)41-22-25-13-7-4-8-14-25/h4,7-10,13-18,20,24,27,35,40H,3,5-6,11-12,19,21-23H2,1-2H3,(H2,34,36,39)/b18-17-/t27-/m0/s1. The Morgan fingerprint density at radius 2 is 1.81 bits per heavy atom. The summed E-state index contributed by atoms with van der Waals surface area (Å²) in [4.78, 5) is 32.3. The third-order valence-corrected chi connectivity index (χ3v) is 7.31. The number of carbonyl (C=O) groups excluding carboxylic acids is 2. The number of carbonyl (C=O) groups is 2. The van der Waals surface area contributed by atoms with E-state index in [9.17, 15) is 14.7 Å². The number of rotatable bonds is 13. The number of hydrogen-bond donors (Lipinski definition) is 3. The van der Waals surface area contributed by atoms with Crippen LogP contribution in [0, 0.1) is 5.92 Å². The van der Waals surface area contributed by atoms with Crippen LogP contribution in [0.3, 0.4) is 0 Å². The summed E-state index contributed by atoms with van der Waals surface area (Å²) in [6, 6.07) is 16.4. The highest BCUT2D eigenvalue weighted by atomic mass is 16.5. The molecule has 2 aromatic rings. The van der Waals surface area contributed by atoms with Crippen molar-refractivity contribution in [3.8, 4) is 11.5 Å². The SMILES string of the molecule is CC(C)(O)CN/C=C\C(N)=NC(=O)[C@H](CC1CCCCC1)N1CC(Oc2ccccc2OCc2ccccc2)=CC1=O.